The van der Waals surface area contributed by atoms with Gasteiger partial charge in [-0.3, -0.25) is 9.69 Å². The van der Waals surface area contributed by atoms with E-state index in [1.807, 2.05) is 0 Å². The fourth-order valence-corrected chi connectivity index (χ4v) is 5.39. The molecular formula is C23H26ClN3O6. The van der Waals surface area contributed by atoms with Crippen molar-refractivity contribution in [3.8, 4) is 5.75 Å². The molecule has 1 amide bonds. The smallest absolute Gasteiger partial charge is 0.335 e. The molecule has 4 rings (SSSR count). The summed E-state index contributed by atoms with van der Waals surface area (Å²) in [5, 5.41) is 21.5. The van der Waals surface area contributed by atoms with Crippen LogP contribution in [0.15, 0.2) is 23.8 Å². The van der Waals surface area contributed by atoms with Gasteiger partial charge in [-0.2, -0.15) is 0 Å². The molecule has 1 aromatic carbocycles. The van der Waals surface area contributed by atoms with Crippen molar-refractivity contribution in [3.05, 3.63) is 39.9 Å². The van der Waals surface area contributed by atoms with E-state index in [0.29, 0.717) is 18.2 Å². The van der Waals surface area contributed by atoms with Crippen molar-refractivity contribution in [2.24, 2.45) is 0 Å². The molecule has 3 aliphatic rings. The van der Waals surface area contributed by atoms with E-state index in [0.717, 1.165) is 32.4 Å². The number of ether oxygens (including phenoxy) is 1. The summed E-state index contributed by atoms with van der Waals surface area (Å²) in [4.78, 5) is 38.2. The summed E-state index contributed by atoms with van der Waals surface area (Å²) < 4.78 is 5.79. The number of nitrogens with two attached hydrogens (primary N) is 1. The fraction of sp³-hybridized carbons (Fsp3) is 0.435. The minimum absolute atomic E-state index is 0.0703. The second kappa shape index (κ2) is 9.07. The number of aliphatic carboxylic acids is 2. The van der Waals surface area contributed by atoms with Crippen LogP contribution >= 0.6 is 11.6 Å². The fourth-order valence-electron chi connectivity index (χ4n) is 5.18. The zero-order chi connectivity index (χ0) is 23.8. The highest BCUT2D eigenvalue weighted by Gasteiger charge is 2.43. The molecule has 0 aliphatic carbocycles. The van der Waals surface area contributed by atoms with Gasteiger partial charge in [-0.15, -0.1) is 0 Å². The van der Waals surface area contributed by atoms with Crippen LogP contribution < -0.4 is 15.8 Å². The van der Waals surface area contributed by atoms with Gasteiger partial charge in [0.1, 0.15) is 11.9 Å². The van der Waals surface area contributed by atoms with Crippen LogP contribution in [0.1, 0.15) is 48.0 Å². The number of rotatable bonds is 7. The highest BCUT2D eigenvalue weighted by atomic mass is 35.5. The molecule has 0 spiro atoms. The van der Waals surface area contributed by atoms with Crippen LogP contribution in [0.25, 0.3) is 6.08 Å². The van der Waals surface area contributed by atoms with Gasteiger partial charge in [0.25, 0.3) is 5.91 Å². The van der Waals surface area contributed by atoms with Gasteiger partial charge in [-0.25, -0.2) is 9.59 Å². The largest absolute Gasteiger partial charge is 0.480 e. The Kier molecular flexibility index (Phi) is 6.36. The summed E-state index contributed by atoms with van der Waals surface area (Å²) in [6, 6.07) is 1.39. The minimum atomic E-state index is -1.44. The number of carbonyl (C=O) groups excluding carboxylic acids is 1. The summed E-state index contributed by atoms with van der Waals surface area (Å²) in [7, 11) is 0. The molecule has 33 heavy (non-hydrogen) atoms. The number of carboxylic acid groups (broad SMARTS) is 2. The Labute approximate surface area is 195 Å². The number of carboxylic acids is 2. The quantitative estimate of drug-likeness (QED) is 0.348. The van der Waals surface area contributed by atoms with Gasteiger partial charge in [0, 0.05) is 23.7 Å². The molecule has 0 bridgehead atoms. The van der Waals surface area contributed by atoms with Gasteiger partial charge in [-0.05, 0) is 63.4 Å². The van der Waals surface area contributed by atoms with Crippen molar-refractivity contribution in [1.82, 2.24) is 10.2 Å². The van der Waals surface area contributed by atoms with Gasteiger partial charge in [0.05, 0.1) is 21.8 Å². The molecule has 1 unspecified atom stereocenters. The SMILES string of the molecule is Nc1c(Cl)cc(C(=O)NCCC23CCCN2CCC3)c2c1C=CC(/C(=C/C(=O)O)C(=O)O)O2. The Bertz CT molecular complexity index is 1060. The number of nitrogens with one attached hydrogen (secondary N) is 1. The Hall–Kier alpha value is -3.04. The van der Waals surface area contributed by atoms with Gasteiger partial charge < -0.3 is 26.0 Å². The van der Waals surface area contributed by atoms with Crippen LogP contribution in [0.5, 0.6) is 5.75 Å². The summed E-state index contributed by atoms with van der Waals surface area (Å²) in [6.07, 6.45) is 7.68. The molecule has 3 heterocycles. The first kappa shape index (κ1) is 23.1. The van der Waals surface area contributed by atoms with E-state index in [2.05, 4.69) is 10.2 Å². The predicted octanol–water partition coefficient (Wildman–Crippen LogP) is 2.54. The highest BCUT2D eigenvalue weighted by molar-refractivity contribution is 6.34. The van der Waals surface area contributed by atoms with Crippen LogP contribution in [-0.4, -0.2) is 64.2 Å². The predicted molar refractivity (Wildman–Crippen MR) is 122 cm³/mol. The average Bonchev–Trinajstić information content (AvgIpc) is 3.34. The molecule has 2 fully saturated rings. The minimum Gasteiger partial charge on any atom is -0.480 e. The van der Waals surface area contributed by atoms with Gasteiger partial charge in [0.15, 0.2) is 0 Å². The normalized spacial score (nSPS) is 21.2. The molecule has 0 radical (unpaired) electrons. The number of halogens is 1. The third-order valence-corrected chi connectivity index (χ3v) is 7.07. The number of fused-ring (bicyclic) bond motifs is 2. The number of carbonyl (C=O) groups is 3. The van der Waals surface area contributed by atoms with Crippen molar-refractivity contribution in [1.29, 1.82) is 0 Å². The van der Waals surface area contributed by atoms with Crippen molar-refractivity contribution in [3.63, 3.8) is 0 Å². The van der Waals surface area contributed by atoms with Crippen LogP contribution in [0, 0.1) is 0 Å². The zero-order valence-corrected chi connectivity index (χ0v) is 18.7. The van der Waals surface area contributed by atoms with Crippen LogP contribution in [0.3, 0.4) is 0 Å². The number of nitrogens with zero attached hydrogens (tertiary/aromatic N) is 1. The number of hydrogen-bond donors (Lipinski definition) is 4. The average molecular weight is 476 g/mol. The first-order valence-corrected chi connectivity index (χ1v) is 11.3. The molecule has 2 saturated heterocycles. The van der Waals surface area contributed by atoms with Crippen LogP contribution in [-0.2, 0) is 9.59 Å². The Balaban J connectivity index is 1.56. The summed E-state index contributed by atoms with van der Waals surface area (Å²) in [5.74, 6) is -3.21. The van der Waals surface area contributed by atoms with E-state index < -0.39 is 29.5 Å². The first-order valence-electron chi connectivity index (χ1n) is 10.9. The monoisotopic (exact) mass is 475 g/mol. The molecule has 176 valence electrons. The molecule has 5 N–H and O–H groups in total. The Morgan fingerprint density at radius 2 is 1.97 bits per heavy atom. The third-order valence-electron chi connectivity index (χ3n) is 6.75. The zero-order valence-electron chi connectivity index (χ0n) is 18.0. The Morgan fingerprint density at radius 3 is 2.61 bits per heavy atom. The van der Waals surface area contributed by atoms with Gasteiger partial charge in [0.2, 0.25) is 0 Å². The van der Waals surface area contributed by atoms with Gasteiger partial charge in [-0.1, -0.05) is 11.6 Å². The summed E-state index contributed by atoms with van der Waals surface area (Å²) in [6.45, 7) is 2.68. The molecule has 1 atom stereocenters. The van der Waals surface area contributed by atoms with E-state index in [-0.39, 0.29) is 27.6 Å². The molecule has 1 aromatic rings. The lowest BCUT2D eigenvalue weighted by atomic mass is 9.90. The Morgan fingerprint density at radius 1 is 1.27 bits per heavy atom. The van der Waals surface area contributed by atoms with Crippen LogP contribution in [0.2, 0.25) is 5.02 Å². The number of nitrogen functional groups attached to an aromatic ring is 1. The van der Waals surface area contributed by atoms with Crippen molar-refractivity contribution >= 4 is 41.2 Å². The second-order valence-electron chi connectivity index (χ2n) is 8.63. The highest BCUT2D eigenvalue weighted by Crippen LogP contribution is 2.42. The number of hydrogen-bond acceptors (Lipinski definition) is 6. The van der Waals surface area contributed by atoms with Crippen molar-refractivity contribution in [2.75, 3.05) is 25.4 Å². The van der Waals surface area contributed by atoms with Crippen molar-refractivity contribution in [2.45, 2.75) is 43.7 Å². The molecule has 9 nitrogen and oxygen atoms in total. The van der Waals surface area contributed by atoms with Crippen molar-refractivity contribution < 1.29 is 29.3 Å². The lowest BCUT2D eigenvalue weighted by molar-refractivity contribution is -0.135. The number of amides is 1. The lowest BCUT2D eigenvalue weighted by Gasteiger charge is -2.32. The molecule has 0 saturated carbocycles. The van der Waals surface area contributed by atoms with E-state index in [1.165, 1.54) is 31.1 Å². The summed E-state index contributed by atoms with van der Waals surface area (Å²) in [5.41, 5.74) is 6.38. The maximum atomic E-state index is 13.1. The van der Waals surface area contributed by atoms with E-state index in [9.17, 15) is 19.5 Å². The maximum absolute atomic E-state index is 13.1. The standard InChI is InChI=1S/C23H26ClN3O6/c24-16-11-15(21(30)26-8-7-23-5-1-9-27(23)10-2-6-23)20-13(19(16)25)3-4-17(33-20)14(22(31)32)12-18(28)29/h3-4,11-12,17H,1-2,5-10,25H2,(H,26,30)(H,28,29)(H,31,32)/b14-12-. The second-order valence-corrected chi connectivity index (χ2v) is 9.03. The molecule has 10 heteroatoms. The molecular weight excluding hydrogens is 450 g/mol. The van der Waals surface area contributed by atoms with E-state index in [1.54, 1.807) is 0 Å². The molecule has 3 aliphatic heterocycles. The van der Waals surface area contributed by atoms with E-state index >= 15 is 0 Å². The molecule has 0 aromatic heterocycles. The maximum Gasteiger partial charge on any atom is 0.335 e. The first-order chi connectivity index (χ1) is 15.7. The van der Waals surface area contributed by atoms with Gasteiger partial charge >= 0.3 is 11.9 Å². The summed E-state index contributed by atoms with van der Waals surface area (Å²) >= 11 is 6.24. The topological polar surface area (TPSA) is 142 Å². The third kappa shape index (κ3) is 4.43. The van der Waals surface area contributed by atoms with E-state index in [4.69, 9.17) is 27.2 Å². The lowest BCUT2D eigenvalue weighted by Crippen LogP contribution is -2.41. The number of anilines is 1. The van der Waals surface area contributed by atoms with Crippen LogP contribution in [0.4, 0.5) is 5.69 Å². The number of benzene rings is 1.